The molecule has 1 nitrogen and oxygen atoms in total. The highest BCUT2D eigenvalue weighted by Gasteiger charge is 2.16. The predicted molar refractivity (Wildman–Crippen MR) is 78.4 cm³/mol. The lowest BCUT2D eigenvalue weighted by atomic mass is 9.85. The molecule has 0 bridgehead atoms. The number of nitrogens with zero attached hydrogens (tertiary/aromatic N) is 1. The molecule has 100 valence electrons. The van der Waals surface area contributed by atoms with Gasteiger partial charge in [0.25, 0.3) is 0 Å². The second-order valence-corrected chi connectivity index (χ2v) is 6.37. The average molecular weight is 286 g/mol. The van der Waals surface area contributed by atoms with Crippen molar-refractivity contribution in [3.05, 3.63) is 29.0 Å². The molecule has 0 radical (unpaired) electrons. The van der Waals surface area contributed by atoms with Crippen LogP contribution in [0.1, 0.15) is 50.5 Å². The molecule has 0 aliphatic heterocycles. The molecular weight excluding hydrogens is 265 g/mol. The Morgan fingerprint density at radius 2 is 2.06 bits per heavy atom. The van der Waals surface area contributed by atoms with Crippen LogP contribution in [0, 0.1) is 5.92 Å². The molecule has 0 aromatic carbocycles. The maximum Gasteiger partial charge on any atom is 0.0621 e. The standard InChI is InChI=1S/C15H21Cl2N/c16-14(7-6-12-4-2-1-3-5-12)10-13-8-9-18-11-15(13)17/h8-9,11-12,14H,1-7,10H2. The van der Waals surface area contributed by atoms with Gasteiger partial charge in [-0.05, 0) is 36.8 Å². The first-order valence-corrected chi connectivity index (χ1v) is 7.79. The van der Waals surface area contributed by atoms with Crippen LogP contribution >= 0.6 is 23.2 Å². The highest BCUT2D eigenvalue weighted by Crippen LogP contribution is 2.29. The zero-order valence-corrected chi connectivity index (χ0v) is 12.3. The summed E-state index contributed by atoms with van der Waals surface area (Å²) in [7, 11) is 0. The zero-order valence-electron chi connectivity index (χ0n) is 10.7. The van der Waals surface area contributed by atoms with Gasteiger partial charge in [0.15, 0.2) is 0 Å². The van der Waals surface area contributed by atoms with Crippen LogP contribution in [0.5, 0.6) is 0 Å². The van der Waals surface area contributed by atoms with Gasteiger partial charge in [0.2, 0.25) is 0 Å². The van der Waals surface area contributed by atoms with Crippen LogP contribution in [-0.2, 0) is 6.42 Å². The molecule has 1 saturated carbocycles. The molecular formula is C15H21Cl2N. The van der Waals surface area contributed by atoms with Gasteiger partial charge < -0.3 is 0 Å². The molecule has 1 heterocycles. The number of hydrogen-bond donors (Lipinski definition) is 0. The van der Waals surface area contributed by atoms with Crippen LogP contribution in [0.2, 0.25) is 5.02 Å². The van der Waals surface area contributed by atoms with Gasteiger partial charge in [-0.15, -0.1) is 11.6 Å². The summed E-state index contributed by atoms with van der Waals surface area (Å²) in [5, 5.41) is 0.938. The fourth-order valence-electron chi connectivity index (χ4n) is 2.80. The van der Waals surface area contributed by atoms with Gasteiger partial charge >= 0.3 is 0 Å². The summed E-state index contributed by atoms with van der Waals surface area (Å²) in [6, 6.07) is 1.97. The Morgan fingerprint density at radius 3 is 2.78 bits per heavy atom. The molecule has 1 unspecified atom stereocenters. The molecule has 1 fully saturated rings. The summed E-state index contributed by atoms with van der Waals surface area (Å²) in [4.78, 5) is 4.00. The maximum absolute atomic E-state index is 6.43. The van der Waals surface area contributed by atoms with E-state index in [1.807, 2.05) is 6.07 Å². The van der Waals surface area contributed by atoms with E-state index in [0.717, 1.165) is 29.3 Å². The van der Waals surface area contributed by atoms with Gasteiger partial charge in [0.1, 0.15) is 0 Å². The van der Waals surface area contributed by atoms with Crippen molar-refractivity contribution in [3.8, 4) is 0 Å². The predicted octanol–water partition coefficient (Wildman–Crippen LogP) is 5.25. The van der Waals surface area contributed by atoms with Gasteiger partial charge in [-0.3, -0.25) is 4.98 Å². The lowest BCUT2D eigenvalue weighted by Gasteiger charge is -2.22. The van der Waals surface area contributed by atoms with E-state index in [4.69, 9.17) is 23.2 Å². The molecule has 2 rings (SSSR count). The van der Waals surface area contributed by atoms with E-state index < -0.39 is 0 Å². The Balaban J connectivity index is 1.74. The average Bonchev–Trinajstić information content (AvgIpc) is 2.40. The van der Waals surface area contributed by atoms with E-state index in [1.165, 1.54) is 38.5 Å². The van der Waals surface area contributed by atoms with Crippen molar-refractivity contribution in [1.82, 2.24) is 4.98 Å². The number of hydrogen-bond acceptors (Lipinski definition) is 1. The Kier molecular flexibility index (Phi) is 5.78. The largest absolute Gasteiger partial charge is 0.263 e. The van der Waals surface area contributed by atoms with E-state index >= 15 is 0 Å². The summed E-state index contributed by atoms with van der Waals surface area (Å²) in [6.45, 7) is 0. The fraction of sp³-hybridized carbons (Fsp3) is 0.667. The topological polar surface area (TPSA) is 12.9 Å². The van der Waals surface area contributed by atoms with Gasteiger partial charge in [-0.1, -0.05) is 43.7 Å². The molecule has 1 aliphatic carbocycles. The minimum absolute atomic E-state index is 0.201. The number of rotatable bonds is 5. The minimum atomic E-state index is 0.201. The number of alkyl halides is 1. The van der Waals surface area contributed by atoms with Crippen molar-refractivity contribution in [2.45, 2.75) is 56.7 Å². The Labute approximate surface area is 120 Å². The molecule has 0 saturated heterocycles. The van der Waals surface area contributed by atoms with Crippen molar-refractivity contribution in [2.24, 2.45) is 5.92 Å². The van der Waals surface area contributed by atoms with Crippen molar-refractivity contribution < 1.29 is 0 Å². The monoisotopic (exact) mass is 285 g/mol. The minimum Gasteiger partial charge on any atom is -0.263 e. The first-order chi connectivity index (χ1) is 8.75. The molecule has 1 aromatic rings. The lowest BCUT2D eigenvalue weighted by Crippen LogP contribution is -2.11. The Bertz CT molecular complexity index is 361. The molecule has 0 N–H and O–H groups in total. The zero-order chi connectivity index (χ0) is 12.8. The van der Waals surface area contributed by atoms with Crippen LogP contribution in [0.4, 0.5) is 0 Å². The molecule has 3 heteroatoms. The van der Waals surface area contributed by atoms with Crippen LogP contribution in [0.25, 0.3) is 0 Å². The summed E-state index contributed by atoms with van der Waals surface area (Å²) < 4.78 is 0. The highest BCUT2D eigenvalue weighted by molar-refractivity contribution is 6.31. The van der Waals surface area contributed by atoms with Crippen molar-refractivity contribution in [3.63, 3.8) is 0 Å². The SMILES string of the molecule is Clc1cnccc1CC(Cl)CCC1CCCCC1. The van der Waals surface area contributed by atoms with Gasteiger partial charge in [0, 0.05) is 17.8 Å². The van der Waals surface area contributed by atoms with Crippen LogP contribution in [0.3, 0.4) is 0 Å². The van der Waals surface area contributed by atoms with Crippen molar-refractivity contribution in [1.29, 1.82) is 0 Å². The van der Waals surface area contributed by atoms with Crippen molar-refractivity contribution >= 4 is 23.2 Å². The van der Waals surface area contributed by atoms with Crippen molar-refractivity contribution in [2.75, 3.05) is 0 Å². The third-order valence-corrected chi connectivity index (χ3v) is 4.62. The van der Waals surface area contributed by atoms with E-state index in [1.54, 1.807) is 12.4 Å². The quantitative estimate of drug-likeness (QED) is 0.674. The van der Waals surface area contributed by atoms with Crippen LogP contribution in [0.15, 0.2) is 18.5 Å². The fourth-order valence-corrected chi connectivity index (χ4v) is 3.29. The smallest absolute Gasteiger partial charge is 0.0621 e. The second kappa shape index (κ2) is 7.35. The molecule has 0 spiro atoms. The summed E-state index contributed by atoms with van der Waals surface area (Å²) in [5.41, 5.74) is 1.12. The number of pyridine rings is 1. The second-order valence-electron chi connectivity index (χ2n) is 5.35. The summed E-state index contributed by atoms with van der Waals surface area (Å²) in [5.74, 6) is 0.910. The number of halogens is 2. The van der Waals surface area contributed by atoms with E-state index in [-0.39, 0.29) is 5.38 Å². The van der Waals surface area contributed by atoms with Gasteiger partial charge in [-0.25, -0.2) is 0 Å². The third-order valence-electron chi connectivity index (χ3n) is 3.91. The van der Waals surface area contributed by atoms with Gasteiger partial charge in [-0.2, -0.15) is 0 Å². The molecule has 1 aromatic heterocycles. The Morgan fingerprint density at radius 1 is 1.28 bits per heavy atom. The first kappa shape index (κ1) is 14.1. The van der Waals surface area contributed by atoms with E-state index in [0.29, 0.717) is 0 Å². The van der Waals surface area contributed by atoms with E-state index in [2.05, 4.69) is 4.98 Å². The maximum atomic E-state index is 6.43. The highest BCUT2D eigenvalue weighted by atomic mass is 35.5. The summed E-state index contributed by atoms with van der Waals surface area (Å²) >= 11 is 12.5. The molecule has 1 atom stereocenters. The van der Waals surface area contributed by atoms with Crippen LogP contribution < -0.4 is 0 Å². The molecule has 18 heavy (non-hydrogen) atoms. The lowest BCUT2D eigenvalue weighted by molar-refractivity contribution is 0.330. The van der Waals surface area contributed by atoms with Crippen LogP contribution in [-0.4, -0.2) is 10.4 Å². The number of aromatic nitrogens is 1. The third kappa shape index (κ3) is 4.44. The Hall–Kier alpha value is -0.270. The summed E-state index contributed by atoms with van der Waals surface area (Å²) in [6.07, 6.45) is 13.8. The van der Waals surface area contributed by atoms with Gasteiger partial charge in [0.05, 0.1) is 5.02 Å². The normalized spacial score (nSPS) is 18.8. The molecule has 0 amide bonds. The molecule has 1 aliphatic rings. The first-order valence-electron chi connectivity index (χ1n) is 6.98. The van der Waals surface area contributed by atoms with E-state index in [9.17, 15) is 0 Å².